The summed E-state index contributed by atoms with van der Waals surface area (Å²) in [4.78, 5) is 26.1. The predicted octanol–water partition coefficient (Wildman–Crippen LogP) is 3.11. The summed E-state index contributed by atoms with van der Waals surface area (Å²) < 4.78 is 10.6. The molecule has 1 atom stereocenters. The first-order chi connectivity index (χ1) is 10.6. The molecule has 22 heavy (non-hydrogen) atoms. The highest BCUT2D eigenvalue weighted by atomic mass is 127. The third kappa shape index (κ3) is 4.53. The molecule has 2 aromatic rings. The van der Waals surface area contributed by atoms with Gasteiger partial charge in [-0.15, -0.1) is 0 Å². The molecule has 1 aromatic heterocycles. The number of aromatic carboxylic acids is 1. The minimum atomic E-state index is -1.25. The van der Waals surface area contributed by atoms with Crippen molar-refractivity contribution in [2.75, 3.05) is 0 Å². The van der Waals surface area contributed by atoms with Crippen LogP contribution in [0.25, 0.3) is 0 Å². The quantitative estimate of drug-likeness (QED) is 0.518. The van der Waals surface area contributed by atoms with Crippen molar-refractivity contribution in [1.29, 1.82) is 0 Å². The van der Waals surface area contributed by atoms with Crippen LogP contribution in [-0.2, 0) is 17.7 Å². The first-order valence-corrected chi connectivity index (χ1v) is 10.3. The van der Waals surface area contributed by atoms with Crippen LogP contribution < -0.4 is 10.2 Å². The van der Waals surface area contributed by atoms with Crippen LogP contribution in [0.4, 0.5) is 0 Å². The number of aromatic amines is 1. The van der Waals surface area contributed by atoms with Crippen LogP contribution in [0.1, 0.15) is 21.7 Å². The highest BCUT2D eigenvalue weighted by Gasteiger charge is 2.17. The molecular weight excluding hydrogens is 420 g/mol. The van der Waals surface area contributed by atoms with Gasteiger partial charge in [-0.3, -0.25) is 4.79 Å². The van der Waals surface area contributed by atoms with E-state index in [1.807, 2.05) is 52.4 Å². The molecule has 0 saturated carbocycles. The fourth-order valence-corrected chi connectivity index (χ4v) is 2.48. The maximum atomic E-state index is 12.1. The maximum Gasteiger partial charge on any atom is 0.356 e. The van der Waals surface area contributed by atoms with Crippen LogP contribution in [0.15, 0.2) is 41.2 Å². The van der Waals surface area contributed by atoms with E-state index in [1.54, 1.807) is 0 Å². The molecule has 0 bridgehead atoms. The second kappa shape index (κ2) is 8.26. The SMILES string of the molecule is O=C(O)c1[nH]c(COPI)cc(=O)c1OCc1ccccc1. The maximum absolute atomic E-state index is 12.1. The Balaban J connectivity index is 2.26. The van der Waals surface area contributed by atoms with Crippen LogP contribution in [0.2, 0.25) is 0 Å². The molecule has 1 unspecified atom stereocenters. The minimum absolute atomic E-state index is 0.120. The van der Waals surface area contributed by atoms with E-state index in [2.05, 4.69) is 4.98 Å². The lowest BCUT2D eigenvalue weighted by Crippen LogP contribution is -2.17. The Morgan fingerprint density at radius 1 is 1.27 bits per heavy atom. The molecule has 0 aliphatic rings. The molecule has 6 nitrogen and oxygen atoms in total. The van der Waals surface area contributed by atoms with Crippen LogP contribution in [-0.4, -0.2) is 16.1 Å². The average Bonchev–Trinajstić information content (AvgIpc) is 2.52. The lowest BCUT2D eigenvalue weighted by Gasteiger charge is -2.10. The number of benzene rings is 1. The summed E-state index contributed by atoms with van der Waals surface area (Å²) in [6.07, 6.45) is 0. The van der Waals surface area contributed by atoms with Gasteiger partial charge in [-0.05, 0) is 27.6 Å². The van der Waals surface area contributed by atoms with Crippen molar-refractivity contribution < 1.29 is 19.2 Å². The summed E-state index contributed by atoms with van der Waals surface area (Å²) in [6.45, 7) is 0.488. The molecular formula is C14H13INO5P. The number of rotatable bonds is 7. The van der Waals surface area contributed by atoms with E-state index in [-0.39, 0.29) is 31.1 Å². The van der Waals surface area contributed by atoms with Gasteiger partial charge in [-0.1, -0.05) is 30.3 Å². The number of carboxylic acids is 1. The van der Waals surface area contributed by atoms with Gasteiger partial charge in [0.05, 0.1) is 13.1 Å². The number of halogens is 1. The monoisotopic (exact) mass is 433 g/mol. The summed E-state index contributed by atoms with van der Waals surface area (Å²) in [5.41, 5.74) is 0.497. The number of aromatic nitrogens is 1. The van der Waals surface area contributed by atoms with Crippen molar-refractivity contribution in [3.63, 3.8) is 0 Å². The second-order valence-corrected chi connectivity index (χ2v) is 6.07. The van der Waals surface area contributed by atoms with Crippen LogP contribution in [0.5, 0.6) is 5.75 Å². The highest BCUT2D eigenvalue weighted by molar-refractivity contribution is 14.2. The molecule has 0 aliphatic heterocycles. The largest absolute Gasteiger partial charge is 0.482 e. The van der Waals surface area contributed by atoms with Crippen LogP contribution in [0.3, 0.4) is 0 Å². The zero-order valence-electron chi connectivity index (χ0n) is 11.3. The van der Waals surface area contributed by atoms with Gasteiger partial charge in [0.25, 0.3) is 0 Å². The third-order valence-corrected chi connectivity index (χ3v) is 3.95. The van der Waals surface area contributed by atoms with E-state index < -0.39 is 11.4 Å². The zero-order valence-corrected chi connectivity index (χ0v) is 14.5. The summed E-state index contributed by atoms with van der Waals surface area (Å²) in [5, 5.41) is 9.25. The van der Waals surface area contributed by atoms with Gasteiger partial charge in [0.2, 0.25) is 5.43 Å². The Bertz CT molecular complexity index is 704. The summed E-state index contributed by atoms with van der Waals surface area (Å²) in [5.74, 6) is -1.45. The number of hydrogen-bond acceptors (Lipinski definition) is 4. The molecule has 0 aliphatic carbocycles. The lowest BCUT2D eigenvalue weighted by atomic mass is 10.2. The topological polar surface area (TPSA) is 88.6 Å². The van der Waals surface area contributed by atoms with Gasteiger partial charge in [-0.25, -0.2) is 4.79 Å². The molecule has 0 radical (unpaired) electrons. The fraction of sp³-hybridized carbons (Fsp3) is 0.143. The summed E-state index contributed by atoms with van der Waals surface area (Å²) in [7, 11) is 0. The minimum Gasteiger partial charge on any atom is -0.482 e. The van der Waals surface area contributed by atoms with E-state index >= 15 is 0 Å². The molecule has 116 valence electrons. The average molecular weight is 433 g/mol. The number of carbonyl (C=O) groups is 1. The van der Waals surface area contributed by atoms with Crippen molar-refractivity contribution in [1.82, 2.24) is 4.98 Å². The summed E-state index contributed by atoms with van der Waals surface area (Å²) >= 11 is 2.04. The first kappa shape index (κ1) is 16.9. The Kier molecular flexibility index (Phi) is 6.35. The highest BCUT2D eigenvalue weighted by Crippen LogP contribution is 2.23. The fourth-order valence-electron chi connectivity index (χ4n) is 1.81. The molecule has 0 spiro atoms. The molecule has 2 rings (SSSR count). The lowest BCUT2D eigenvalue weighted by molar-refractivity contribution is 0.0684. The normalized spacial score (nSPS) is 11.0. The molecule has 0 fully saturated rings. The van der Waals surface area contributed by atoms with Crippen molar-refractivity contribution >= 4 is 34.5 Å². The van der Waals surface area contributed by atoms with Crippen molar-refractivity contribution in [2.24, 2.45) is 0 Å². The number of carboxylic acid groups (broad SMARTS) is 1. The van der Waals surface area contributed by atoms with E-state index in [1.165, 1.54) is 6.07 Å². The van der Waals surface area contributed by atoms with Crippen molar-refractivity contribution in [3.05, 3.63) is 63.6 Å². The van der Waals surface area contributed by atoms with Crippen molar-refractivity contribution in [3.8, 4) is 5.75 Å². The zero-order chi connectivity index (χ0) is 15.9. The van der Waals surface area contributed by atoms with Gasteiger partial charge in [0.1, 0.15) is 6.61 Å². The smallest absolute Gasteiger partial charge is 0.356 e. The Labute approximate surface area is 141 Å². The van der Waals surface area contributed by atoms with Crippen molar-refractivity contribution in [2.45, 2.75) is 13.2 Å². The number of pyridine rings is 1. The second-order valence-electron chi connectivity index (χ2n) is 4.31. The molecule has 8 heteroatoms. The van der Waals surface area contributed by atoms with Gasteiger partial charge >= 0.3 is 5.97 Å². The van der Waals surface area contributed by atoms with E-state index in [0.717, 1.165) is 5.56 Å². The summed E-state index contributed by atoms with van der Waals surface area (Å²) in [6, 6.07) is 10.5. The van der Waals surface area contributed by atoms with E-state index in [9.17, 15) is 14.7 Å². The third-order valence-electron chi connectivity index (χ3n) is 2.76. The van der Waals surface area contributed by atoms with Gasteiger partial charge < -0.3 is 19.4 Å². The first-order valence-electron chi connectivity index (χ1n) is 6.25. The van der Waals surface area contributed by atoms with E-state index in [0.29, 0.717) is 5.69 Å². The number of H-pyrrole nitrogens is 1. The van der Waals surface area contributed by atoms with E-state index in [4.69, 9.17) is 9.26 Å². The van der Waals surface area contributed by atoms with Crippen LogP contribution in [0, 0.1) is 0 Å². The standard InChI is InChI=1S/C14H13INO5P/c15-22-21-8-10-6-11(17)13(12(16-10)14(18)19)20-7-9-4-2-1-3-5-9/h1-6,22H,7-8H2,(H,16,17)(H,18,19). The molecule has 0 amide bonds. The number of hydrogen-bond donors (Lipinski definition) is 2. The van der Waals surface area contributed by atoms with Gasteiger partial charge in [0.15, 0.2) is 11.4 Å². The Morgan fingerprint density at radius 2 is 2.00 bits per heavy atom. The van der Waals surface area contributed by atoms with Gasteiger partial charge in [0, 0.05) is 11.8 Å². The molecule has 1 heterocycles. The molecule has 1 aromatic carbocycles. The Morgan fingerprint density at radius 3 is 2.64 bits per heavy atom. The van der Waals surface area contributed by atoms with Crippen LogP contribution >= 0.6 is 28.5 Å². The Hall–Kier alpha value is -1.44. The molecule has 0 saturated heterocycles. The van der Waals surface area contributed by atoms with Gasteiger partial charge in [-0.2, -0.15) is 0 Å². The predicted molar refractivity (Wildman–Crippen MR) is 91.9 cm³/mol. The number of ether oxygens (including phenoxy) is 1. The number of nitrogens with one attached hydrogen (secondary N) is 1. The molecule has 2 N–H and O–H groups in total.